The van der Waals surface area contributed by atoms with Gasteiger partial charge >= 0.3 is 0 Å². The Hall–Kier alpha value is -3.53. The molecule has 4 heteroatoms. The maximum atomic E-state index is 13.4. The van der Waals surface area contributed by atoms with Gasteiger partial charge in [-0.25, -0.2) is 0 Å². The molecule has 0 atom stereocenters. The summed E-state index contributed by atoms with van der Waals surface area (Å²) in [6.45, 7) is 1.21. The number of ether oxygens (including phenoxy) is 1. The van der Waals surface area contributed by atoms with Crippen LogP contribution < -0.4 is 4.74 Å². The number of benzene rings is 3. The van der Waals surface area contributed by atoms with Gasteiger partial charge in [-0.3, -0.25) is 4.79 Å². The molecule has 0 unspecified atom stereocenters. The van der Waals surface area contributed by atoms with Gasteiger partial charge in [-0.05, 0) is 35.9 Å². The Morgan fingerprint density at radius 2 is 1.61 bits per heavy atom. The van der Waals surface area contributed by atoms with Crippen molar-refractivity contribution in [1.82, 2.24) is 9.47 Å². The highest BCUT2D eigenvalue weighted by molar-refractivity contribution is 6.05. The molecule has 2 heterocycles. The summed E-state index contributed by atoms with van der Waals surface area (Å²) in [5, 5.41) is 1.15. The lowest BCUT2D eigenvalue weighted by atomic mass is 10.1. The zero-order chi connectivity index (χ0) is 19.1. The highest BCUT2D eigenvalue weighted by atomic mass is 16.5. The van der Waals surface area contributed by atoms with Gasteiger partial charge in [0.1, 0.15) is 11.4 Å². The number of para-hydroxylation sites is 2. The number of fused-ring (bicyclic) bond motifs is 3. The van der Waals surface area contributed by atoms with Crippen LogP contribution in [0.15, 0.2) is 78.9 Å². The van der Waals surface area contributed by atoms with E-state index in [-0.39, 0.29) is 5.91 Å². The molecule has 0 fully saturated rings. The second-order valence-corrected chi connectivity index (χ2v) is 7.02. The Morgan fingerprint density at radius 1 is 0.893 bits per heavy atom. The Kier molecular flexibility index (Phi) is 3.90. The van der Waals surface area contributed by atoms with Gasteiger partial charge in [-0.1, -0.05) is 48.5 Å². The molecule has 138 valence electrons. The van der Waals surface area contributed by atoms with E-state index in [9.17, 15) is 4.79 Å². The summed E-state index contributed by atoms with van der Waals surface area (Å²) in [6.07, 6.45) is 0. The van der Waals surface area contributed by atoms with Gasteiger partial charge in [0, 0.05) is 29.7 Å². The molecule has 5 rings (SSSR count). The number of carbonyl (C=O) groups excluding carboxylic acids is 1. The average Bonchev–Trinajstić information content (AvgIpc) is 3.24. The first-order chi connectivity index (χ1) is 13.8. The quantitative estimate of drug-likeness (QED) is 0.519. The normalized spacial score (nSPS) is 13.2. The maximum absolute atomic E-state index is 13.4. The number of aromatic nitrogens is 1. The third-order valence-electron chi connectivity index (χ3n) is 5.37. The van der Waals surface area contributed by atoms with Crippen molar-refractivity contribution < 1.29 is 9.53 Å². The van der Waals surface area contributed by atoms with Crippen molar-refractivity contribution in [2.24, 2.45) is 0 Å². The largest absolute Gasteiger partial charge is 0.497 e. The summed E-state index contributed by atoms with van der Waals surface area (Å²) >= 11 is 0. The molecule has 1 aliphatic heterocycles. The van der Waals surface area contributed by atoms with Gasteiger partial charge in [0.25, 0.3) is 5.91 Å². The van der Waals surface area contributed by atoms with Gasteiger partial charge in [-0.15, -0.1) is 0 Å². The Bertz CT molecular complexity index is 1160. The molecule has 0 aliphatic carbocycles. The number of hydrogen-bond acceptors (Lipinski definition) is 2. The van der Waals surface area contributed by atoms with Crippen LogP contribution in [0.3, 0.4) is 0 Å². The third-order valence-corrected chi connectivity index (χ3v) is 5.37. The number of nitrogens with zero attached hydrogens (tertiary/aromatic N) is 2. The fourth-order valence-electron chi connectivity index (χ4n) is 4.03. The van der Waals surface area contributed by atoms with Crippen LogP contribution in [0, 0.1) is 0 Å². The van der Waals surface area contributed by atoms with Crippen LogP contribution in [-0.2, 0) is 13.1 Å². The molecular formula is C24H20N2O2. The zero-order valence-corrected chi connectivity index (χ0v) is 15.6. The molecule has 0 N–H and O–H groups in total. The van der Waals surface area contributed by atoms with Gasteiger partial charge in [0.2, 0.25) is 0 Å². The van der Waals surface area contributed by atoms with Crippen LogP contribution in [0.25, 0.3) is 16.6 Å². The second kappa shape index (κ2) is 6.57. The number of hydrogen-bond donors (Lipinski definition) is 0. The highest BCUT2D eigenvalue weighted by Crippen LogP contribution is 2.36. The number of amides is 1. The lowest BCUT2D eigenvalue weighted by Gasteiger charge is -2.18. The number of methoxy groups -OCH3 is 1. The Labute approximate surface area is 163 Å². The van der Waals surface area contributed by atoms with Crippen LogP contribution in [0.2, 0.25) is 0 Å². The summed E-state index contributed by atoms with van der Waals surface area (Å²) in [4.78, 5) is 15.3. The van der Waals surface area contributed by atoms with Crippen molar-refractivity contribution in [3.05, 3.63) is 95.7 Å². The lowest BCUT2D eigenvalue weighted by Crippen LogP contribution is -2.25. The molecular weight excluding hydrogens is 348 g/mol. The molecule has 4 aromatic rings. The van der Waals surface area contributed by atoms with Crippen molar-refractivity contribution in [2.75, 3.05) is 7.11 Å². The molecule has 1 amide bonds. The molecule has 0 radical (unpaired) electrons. The predicted molar refractivity (Wildman–Crippen MR) is 110 cm³/mol. The smallest absolute Gasteiger partial charge is 0.271 e. The molecule has 1 aliphatic rings. The number of rotatable bonds is 4. The van der Waals surface area contributed by atoms with Crippen molar-refractivity contribution in [3.63, 3.8) is 0 Å². The number of carbonyl (C=O) groups is 1. The third kappa shape index (κ3) is 2.57. The first-order valence-electron chi connectivity index (χ1n) is 9.36. The summed E-state index contributed by atoms with van der Waals surface area (Å²) in [6, 6.07) is 26.2. The summed E-state index contributed by atoms with van der Waals surface area (Å²) in [7, 11) is 1.66. The van der Waals surface area contributed by atoms with Gasteiger partial charge in [-0.2, -0.15) is 0 Å². The lowest BCUT2D eigenvalue weighted by molar-refractivity contribution is 0.0760. The van der Waals surface area contributed by atoms with Gasteiger partial charge in [0.05, 0.1) is 12.6 Å². The molecule has 0 saturated heterocycles. The standard InChI is InChI=1S/C24H20N2O2/c1-28-19-13-11-17(12-14-19)15-25-16-21-20-9-5-6-10-22(20)26(23(21)24(25)27)18-7-3-2-4-8-18/h2-14H,15-16H2,1H3. The second-order valence-electron chi connectivity index (χ2n) is 7.02. The molecule has 0 saturated carbocycles. The minimum Gasteiger partial charge on any atom is -0.497 e. The fourth-order valence-corrected chi connectivity index (χ4v) is 4.03. The monoisotopic (exact) mass is 368 g/mol. The fraction of sp³-hybridized carbons (Fsp3) is 0.125. The van der Waals surface area contributed by atoms with Crippen LogP contribution in [-0.4, -0.2) is 22.5 Å². The first kappa shape index (κ1) is 16.6. The van der Waals surface area contributed by atoms with E-state index in [4.69, 9.17) is 4.74 Å². The van der Waals surface area contributed by atoms with E-state index in [1.807, 2.05) is 71.6 Å². The van der Waals surface area contributed by atoms with Crippen molar-refractivity contribution >= 4 is 16.8 Å². The SMILES string of the molecule is COc1ccc(CN2Cc3c(n(-c4ccccc4)c4ccccc34)C2=O)cc1. The minimum atomic E-state index is 0.0749. The van der Waals surface area contributed by atoms with Crippen LogP contribution in [0.5, 0.6) is 5.75 Å². The van der Waals surface area contributed by atoms with E-state index >= 15 is 0 Å². The van der Waals surface area contributed by atoms with E-state index in [1.54, 1.807) is 7.11 Å². The van der Waals surface area contributed by atoms with Gasteiger partial charge < -0.3 is 14.2 Å². The van der Waals surface area contributed by atoms with E-state index in [1.165, 1.54) is 0 Å². The zero-order valence-electron chi connectivity index (χ0n) is 15.6. The molecule has 0 bridgehead atoms. The van der Waals surface area contributed by atoms with Crippen LogP contribution >= 0.6 is 0 Å². The molecule has 4 nitrogen and oxygen atoms in total. The van der Waals surface area contributed by atoms with E-state index in [0.29, 0.717) is 13.1 Å². The van der Waals surface area contributed by atoms with Gasteiger partial charge in [0.15, 0.2) is 0 Å². The minimum absolute atomic E-state index is 0.0749. The average molecular weight is 368 g/mol. The van der Waals surface area contributed by atoms with Crippen LogP contribution in [0.4, 0.5) is 0 Å². The Morgan fingerprint density at radius 3 is 2.36 bits per heavy atom. The van der Waals surface area contributed by atoms with Crippen molar-refractivity contribution in [1.29, 1.82) is 0 Å². The first-order valence-corrected chi connectivity index (χ1v) is 9.36. The Balaban J connectivity index is 1.57. The van der Waals surface area contributed by atoms with Crippen molar-refractivity contribution in [3.8, 4) is 11.4 Å². The van der Waals surface area contributed by atoms with E-state index in [0.717, 1.165) is 39.2 Å². The summed E-state index contributed by atoms with van der Waals surface area (Å²) in [5.74, 6) is 0.896. The highest BCUT2D eigenvalue weighted by Gasteiger charge is 2.34. The summed E-state index contributed by atoms with van der Waals surface area (Å²) < 4.78 is 7.33. The summed E-state index contributed by atoms with van der Waals surface area (Å²) in [5.41, 5.74) is 5.07. The van der Waals surface area contributed by atoms with E-state index < -0.39 is 0 Å². The van der Waals surface area contributed by atoms with Crippen molar-refractivity contribution in [2.45, 2.75) is 13.1 Å². The molecule has 3 aromatic carbocycles. The predicted octanol–water partition coefficient (Wildman–Crippen LogP) is 4.80. The topological polar surface area (TPSA) is 34.5 Å². The van der Waals surface area contributed by atoms with E-state index in [2.05, 4.69) is 16.7 Å². The van der Waals surface area contributed by atoms with Crippen LogP contribution in [0.1, 0.15) is 21.6 Å². The molecule has 1 aromatic heterocycles. The molecule has 0 spiro atoms. The molecule has 28 heavy (non-hydrogen) atoms. The maximum Gasteiger partial charge on any atom is 0.271 e.